The SMILES string of the molecule is CCN(Cc1ccc(OCc2ccccc2)cc1)C(=S)Nc1ccccc1F. The fourth-order valence-electron chi connectivity index (χ4n) is 2.74. The van der Waals surface area contributed by atoms with E-state index in [0.717, 1.165) is 16.9 Å². The van der Waals surface area contributed by atoms with E-state index in [1.165, 1.54) is 6.07 Å². The molecule has 0 heterocycles. The van der Waals surface area contributed by atoms with Crippen LogP contribution in [0.5, 0.6) is 5.75 Å². The van der Waals surface area contributed by atoms with E-state index < -0.39 is 0 Å². The lowest BCUT2D eigenvalue weighted by atomic mass is 10.2. The maximum Gasteiger partial charge on any atom is 0.173 e. The van der Waals surface area contributed by atoms with Gasteiger partial charge in [-0.3, -0.25) is 0 Å². The van der Waals surface area contributed by atoms with Crippen molar-refractivity contribution >= 4 is 23.0 Å². The van der Waals surface area contributed by atoms with Crippen molar-refractivity contribution in [2.45, 2.75) is 20.1 Å². The standard InChI is InChI=1S/C23H23FN2OS/c1-2-26(23(28)25-22-11-7-6-10-21(22)24)16-18-12-14-20(15-13-18)27-17-19-8-4-3-5-9-19/h3-15H,2,16-17H2,1H3,(H,25,28). The summed E-state index contributed by atoms with van der Waals surface area (Å²) in [6.45, 7) is 3.91. The molecule has 0 saturated carbocycles. The van der Waals surface area contributed by atoms with Crippen LogP contribution in [-0.4, -0.2) is 16.6 Å². The molecule has 0 radical (unpaired) electrons. The van der Waals surface area contributed by atoms with Gasteiger partial charge in [-0.15, -0.1) is 0 Å². The number of hydrogen-bond donors (Lipinski definition) is 1. The number of thiocarbonyl (C=S) groups is 1. The highest BCUT2D eigenvalue weighted by Gasteiger charge is 2.11. The molecule has 0 amide bonds. The average molecular weight is 395 g/mol. The second kappa shape index (κ2) is 9.85. The van der Waals surface area contributed by atoms with Crippen LogP contribution in [0.3, 0.4) is 0 Å². The fraction of sp³-hybridized carbons (Fsp3) is 0.174. The summed E-state index contributed by atoms with van der Waals surface area (Å²) < 4.78 is 19.7. The highest BCUT2D eigenvalue weighted by atomic mass is 32.1. The van der Waals surface area contributed by atoms with E-state index in [0.29, 0.717) is 30.5 Å². The Bertz CT molecular complexity index is 900. The number of nitrogens with zero attached hydrogens (tertiary/aromatic N) is 1. The maximum atomic E-state index is 13.8. The quantitative estimate of drug-likeness (QED) is 0.526. The molecule has 0 aliphatic carbocycles. The molecule has 3 rings (SSSR count). The van der Waals surface area contributed by atoms with Crippen molar-refractivity contribution in [3.8, 4) is 5.75 Å². The van der Waals surface area contributed by atoms with E-state index in [2.05, 4.69) is 5.32 Å². The van der Waals surface area contributed by atoms with Crippen molar-refractivity contribution in [2.75, 3.05) is 11.9 Å². The number of anilines is 1. The Kier molecular flexibility index (Phi) is 6.98. The lowest BCUT2D eigenvalue weighted by Gasteiger charge is -2.24. The van der Waals surface area contributed by atoms with Crippen LogP contribution in [0.15, 0.2) is 78.9 Å². The lowest BCUT2D eigenvalue weighted by Crippen LogP contribution is -2.34. The van der Waals surface area contributed by atoms with Gasteiger partial charge in [-0.2, -0.15) is 0 Å². The van der Waals surface area contributed by atoms with Gasteiger partial charge in [0.05, 0.1) is 5.69 Å². The topological polar surface area (TPSA) is 24.5 Å². The summed E-state index contributed by atoms with van der Waals surface area (Å²) in [4.78, 5) is 1.99. The van der Waals surface area contributed by atoms with Gasteiger partial charge in [0.15, 0.2) is 5.11 Å². The predicted molar refractivity (Wildman–Crippen MR) is 116 cm³/mol. The van der Waals surface area contributed by atoms with Crippen molar-refractivity contribution < 1.29 is 9.13 Å². The van der Waals surface area contributed by atoms with E-state index in [-0.39, 0.29) is 5.82 Å². The number of rotatable bonds is 7. The Hall–Kier alpha value is -2.92. The lowest BCUT2D eigenvalue weighted by molar-refractivity contribution is 0.306. The second-order valence-corrected chi connectivity index (χ2v) is 6.73. The summed E-state index contributed by atoms with van der Waals surface area (Å²) >= 11 is 5.46. The van der Waals surface area contributed by atoms with Gasteiger partial charge in [0.25, 0.3) is 0 Å². The monoisotopic (exact) mass is 394 g/mol. The number of para-hydroxylation sites is 1. The minimum atomic E-state index is -0.319. The van der Waals surface area contributed by atoms with Crippen LogP contribution in [-0.2, 0) is 13.2 Å². The van der Waals surface area contributed by atoms with Crippen molar-refractivity contribution in [3.05, 3.63) is 95.8 Å². The summed E-state index contributed by atoms with van der Waals surface area (Å²) in [5.41, 5.74) is 2.62. The van der Waals surface area contributed by atoms with Crippen molar-refractivity contribution in [1.82, 2.24) is 4.90 Å². The third kappa shape index (κ3) is 5.54. The molecule has 0 fully saturated rings. The zero-order valence-electron chi connectivity index (χ0n) is 15.8. The minimum absolute atomic E-state index is 0.319. The molecule has 28 heavy (non-hydrogen) atoms. The number of benzene rings is 3. The zero-order valence-corrected chi connectivity index (χ0v) is 16.6. The van der Waals surface area contributed by atoms with Crippen LogP contribution in [0.25, 0.3) is 0 Å². The predicted octanol–water partition coefficient (Wildman–Crippen LogP) is 5.62. The molecule has 0 aliphatic rings. The first kappa shape index (κ1) is 19.8. The molecule has 0 bridgehead atoms. The van der Waals surface area contributed by atoms with E-state index >= 15 is 0 Å². The molecule has 0 atom stereocenters. The van der Waals surface area contributed by atoms with Gasteiger partial charge in [0.1, 0.15) is 18.2 Å². The second-order valence-electron chi connectivity index (χ2n) is 6.34. The molecule has 3 aromatic rings. The van der Waals surface area contributed by atoms with Crippen LogP contribution in [0.4, 0.5) is 10.1 Å². The fourth-order valence-corrected chi connectivity index (χ4v) is 3.04. The van der Waals surface area contributed by atoms with Crippen molar-refractivity contribution in [3.63, 3.8) is 0 Å². The van der Waals surface area contributed by atoms with E-state index in [1.807, 2.05) is 66.4 Å². The van der Waals surface area contributed by atoms with Gasteiger partial charge in [0.2, 0.25) is 0 Å². The Labute approximate surface area is 170 Å². The van der Waals surface area contributed by atoms with Crippen molar-refractivity contribution in [2.24, 2.45) is 0 Å². The Balaban J connectivity index is 1.57. The Morgan fingerprint density at radius 2 is 1.61 bits per heavy atom. The average Bonchev–Trinajstić information content (AvgIpc) is 2.73. The molecule has 0 saturated heterocycles. The molecule has 0 aromatic heterocycles. The van der Waals surface area contributed by atoms with Gasteiger partial charge < -0.3 is 15.0 Å². The summed E-state index contributed by atoms with van der Waals surface area (Å²) in [6.07, 6.45) is 0. The van der Waals surface area contributed by atoms with Crippen LogP contribution in [0.2, 0.25) is 0 Å². The minimum Gasteiger partial charge on any atom is -0.489 e. The van der Waals surface area contributed by atoms with Crippen LogP contribution < -0.4 is 10.1 Å². The highest BCUT2D eigenvalue weighted by Crippen LogP contribution is 2.17. The molecule has 3 nitrogen and oxygen atoms in total. The van der Waals surface area contributed by atoms with Gasteiger partial charge in [-0.1, -0.05) is 54.6 Å². The Morgan fingerprint density at radius 3 is 2.29 bits per heavy atom. The molecule has 0 unspecified atom stereocenters. The molecule has 3 aromatic carbocycles. The molecule has 144 valence electrons. The van der Waals surface area contributed by atoms with Crippen LogP contribution in [0.1, 0.15) is 18.1 Å². The molecule has 0 spiro atoms. The largest absolute Gasteiger partial charge is 0.489 e. The first-order chi connectivity index (χ1) is 13.7. The first-order valence-electron chi connectivity index (χ1n) is 9.22. The normalized spacial score (nSPS) is 10.4. The first-order valence-corrected chi connectivity index (χ1v) is 9.62. The molecular weight excluding hydrogens is 371 g/mol. The van der Waals surface area contributed by atoms with E-state index in [4.69, 9.17) is 17.0 Å². The number of hydrogen-bond acceptors (Lipinski definition) is 2. The van der Waals surface area contributed by atoms with Crippen molar-refractivity contribution in [1.29, 1.82) is 0 Å². The third-order valence-electron chi connectivity index (χ3n) is 4.33. The number of nitrogens with one attached hydrogen (secondary N) is 1. The van der Waals surface area contributed by atoms with Gasteiger partial charge in [-0.05, 0) is 54.5 Å². The van der Waals surface area contributed by atoms with E-state index in [1.54, 1.807) is 18.2 Å². The Morgan fingerprint density at radius 1 is 0.929 bits per heavy atom. The highest BCUT2D eigenvalue weighted by molar-refractivity contribution is 7.80. The zero-order chi connectivity index (χ0) is 19.8. The van der Waals surface area contributed by atoms with Gasteiger partial charge in [0, 0.05) is 13.1 Å². The number of halogens is 1. The van der Waals surface area contributed by atoms with Crippen LogP contribution in [0, 0.1) is 5.82 Å². The molecule has 5 heteroatoms. The summed E-state index contributed by atoms with van der Waals surface area (Å²) in [7, 11) is 0. The summed E-state index contributed by atoms with van der Waals surface area (Å²) in [5.74, 6) is 0.503. The summed E-state index contributed by atoms with van der Waals surface area (Å²) in [6, 6.07) is 24.5. The summed E-state index contributed by atoms with van der Waals surface area (Å²) in [5, 5.41) is 3.49. The number of ether oxygens (including phenoxy) is 1. The molecule has 0 aliphatic heterocycles. The molecule has 1 N–H and O–H groups in total. The van der Waals surface area contributed by atoms with Gasteiger partial charge in [-0.25, -0.2) is 4.39 Å². The van der Waals surface area contributed by atoms with Gasteiger partial charge >= 0.3 is 0 Å². The maximum absolute atomic E-state index is 13.8. The van der Waals surface area contributed by atoms with Crippen LogP contribution >= 0.6 is 12.2 Å². The smallest absolute Gasteiger partial charge is 0.173 e. The van der Waals surface area contributed by atoms with E-state index in [9.17, 15) is 4.39 Å². The molecular formula is C23H23FN2OS. The third-order valence-corrected chi connectivity index (χ3v) is 4.69.